The summed E-state index contributed by atoms with van der Waals surface area (Å²) in [6, 6.07) is 15.9. The summed E-state index contributed by atoms with van der Waals surface area (Å²) in [4.78, 5) is 15.8. The highest BCUT2D eigenvalue weighted by atomic mass is 32.2. The molecule has 0 atom stereocenters. The van der Waals surface area contributed by atoms with E-state index in [4.69, 9.17) is 4.74 Å². The van der Waals surface area contributed by atoms with Crippen LogP contribution in [-0.2, 0) is 23.1 Å². The van der Waals surface area contributed by atoms with Gasteiger partial charge in [-0.2, -0.15) is 13.1 Å². The van der Waals surface area contributed by atoms with Crippen LogP contribution in [0.1, 0.15) is 16.7 Å². The molecular weight excluding hydrogens is 503 g/mol. The van der Waals surface area contributed by atoms with Gasteiger partial charge in [-0.15, -0.1) is 0 Å². The normalized spacial score (nSPS) is 12.0. The number of methoxy groups -OCH3 is 1. The smallest absolute Gasteiger partial charge is 0.252 e. The van der Waals surface area contributed by atoms with Crippen molar-refractivity contribution in [2.45, 2.75) is 24.9 Å². The van der Waals surface area contributed by atoms with Crippen LogP contribution in [0, 0.1) is 12.7 Å². The van der Waals surface area contributed by atoms with Crippen molar-refractivity contribution in [3.63, 3.8) is 0 Å². The molecule has 5 aromatic rings. The van der Waals surface area contributed by atoms with Crippen LogP contribution >= 0.6 is 11.7 Å². The van der Waals surface area contributed by atoms with Crippen LogP contribution < -0.4 is 10.3 Å². The third-order valence-corrected chi connectivity index (χ3v) is 8.44. The fraction of sp³-hybridized carbons (Fsp3) is 0.160. The maximum Gasteiger partial charge on any atom is 0.252 e. The first-order valence-corrected chi connectivity index (χ1v) is 13.1. The van der Waals surface area contributed by atoms with Gasteiger partial charge in [-0.3, -0.25) is 4.79 Å². The fourth-order valence-corrected chi connectivity index (χ4v) is 6.42. The second-order valence-corrected chi connectivity index (χ2v) is 10.7. The Morgan fingerprint density at radius 2 is 1.81 bits per heavy atom. The van der Waals surface area contributed by atoms with Crippen molar-refractivity contribution >= 4 is 43.7 Å². The summed E-state index contributed by atoms with van der Waals surface area (Å²) < 4.78 is 56.5. The number of aryl methyl sites for hydroxylation is 1. The Hall–Kier alpha value is -3.67. The van der Waals surface area contributed by atoms with Gasteiger partial charge in [0.1, 0.15) is 27.5 Å². The summed E-state index contributed by atoms with van der Waals surface area (Å²) in [6.07, 6.45) is 0. The van der Waals surface area contributed by atoms with E-state index in [0.717, 1.165) is 17.1 Å². The van der Waals surface area contributed by atoms with E-state index >= 15 is 0 Å². The summed E-state index contributed by atoms with van der Waals surface area (Å²) >= 11 is 0.930. The summed E-state index contributed by atoms with van der Waals surface area (Å²) in [5, 5.41) is 0.728. The van der Waals surface area contributed by atoms with Crippen molar-refractivity contribution in [2.75, 3.05) is 7.11 Å². The second-order valence-electron chi connectivity index (χ2n) is 8.32. The van der Waals surface area contributed by atoms with E-state index in [-0.39, 0.29) is 29.1 Å². The number of pyridine rings is 1. The molecule has 0 saturated carbocycles. The van der Waals surface area contributed by atoms with E-state index in [1.807, 2.05) is 0 Å². The Kier molecular flexibility index (Phi) is 6.29. The van der Waals surface area contributed by atoms with Gasteiger partial charge in [0.2, 0.25) is 10.0 Å². The van der Waals surface area contributed by atoms with Crippen molar-refractivity contribution in [2.24, 2.45) is 0 Å². The number of sulfonamides is 1. The highest BCUT2D eigenvalue weighted by molar-refractivity contribution is 7.89. The lowest BCUT2D eigenvalue weighted by Gasteiger charge is -2.23. The number of ether oxygens (including phenoxy) is 1. The van der Waals surface area contributed by atoms with Gasteiger partial charge in [-0.1, -0.05) is 18.2 Å². The maximum absolute atomic E-state index is 14.1. The van der Waals surface area contributed by atoms with Gasteiger partial charge in [0.15, 0.2) is 0 Å². The zero-order chi connectivity index (χ0) is 25.4. The third-order valence-electron chi connectivity index (χ3n) is 5.93. The molecule has 5 rings (SSSR count). The highest BCUT2D eigenvalue weighted by Gasteiger charge is 2.30. The van der Waals surface area contributed by atoms with Crippen LogP contribution in [0.3, 0.4) is 0 Å². The molecule has 0 aliphatic heterocycles. The number of hydrogen-bond acceptors (Lipinski definition) is 7. The number of halogens is 1. The van der Waals surface area contributed by atoms with Gasteiger partial charge in [-0.25, -0.2) is 12.8 Å². The number of H-pyrrole nitrogens is 1. The molecule has 8 nitrogen and oxygen atoms in total. The zero-order valence-corrected chi connectivity index (χ0v) is 21.0. The molecule has 2 heterocycles. The average Bonchev–Trinajstić information content (AvgIpc) is 3.33. The minimum Gasteiger partial charge on any atom is -0.497 e. The number of rotatable bonds is 7. The quantitative estimate of drug-likeness (QED) is 0.339. The van der Waals surface area contributed by atoms with Crippen molar-refractivity contribution in [3.05, 3.63) is 93.5 Å². The average molecular weight is 525 g/mol. The minimum absolute atomic E-state index is 0.0396. The molecule has 0 aliphatic rings. The monoisotopic (exact) mass is 524 g/mol. The van der Waals surface area contributed by atoms with E-state index < -0.39 is 21.4 Å². The van der Waals surface area contributed by atoms with E-state index in [1.54, 1.807) is 43.3 Å². The topological polar surface area (TPSA) is 105 Å². The number of aromatic amines is 1. The number of aromatic nitrogens is 3. The lowest BCUT2D eigenvalue weighted by Crippen LogP contribution is -2.33. The van der Waals surface area contributed by atoms with E-state index in [9.17, 15) is 17.6 Å². The fourth-order valence-electron chi connectivity index (χ4n) is 4.06. The molecule has 0 spiro atoms. The lowest BCUT2D eigenvalue weighted by atomic mass is 10.1. The summed E-state index contributed by atoms with van der Waals surface area (Å²) in [6.45, 7) is 1.42. The summed E-state index contributed by atoms with van der Waals surface area (Å²) in [5.74, 6) is 0.163. The number of nitrogens with one attached hydrogen (secondary N) is 1. The van der Waals surface area contributed by atoms with Crippen molar-refractivity contribution < 1.29 is 17.5 Å². The van der Waals surface area contributed by atoms with E-state index in [1.165, 1.54) is 35.7 Å². The molecule has 0 saturated heterocycles. The Morgan fingerprint density at radius 3 is 2.56 bits per heavy atom. The first-order valence-electron chi connectivity index (χ1n) is 10.9. The lowest BCUT2D eigenvalue weighted by molar-refractivity contribution is 0.400. The highest BCUT2D eigenvalue weighted by Crippen LogP contribution is 2.30. The molecule has 0 radical (unpaired) electrons. The van der Waals surface area contributed by atoms with E-state index in [0.29, 0.717) is 27.9 Å². The molecule has 2 aromatic heterocycles. The number of fused-ring (bicyclic) bond motifs is 2. The number of nitrogens with zero attached hydrogens (tertiary/aromatic N) is 3. The predicted octanol–water partition coefficient (Wildman–Crippen LogP) is 4.38. The Morgan fingerprint density at radius 1 is 1.03 bits per heavy atom. The molecule has 36 heavy (non-hydrogen) atoms. The van der Waals surface area contributed by atoms with Crippen LogP contribution in [0.5, 0.6) is 5.75 Å². The van der Waals surface area contributed by atoms with Gasteiger partial charge in [0.25, 0.3) is 5.56 Å². The molecule has 0 fully saturated rings. The van der Waals surface area contributed by atoms with Crippen LogP contribution in [-0.4, -0.2) is 33.6 Å². The molecule has 3 aromatic carbocycles. The molecule has 0 bridgehead atoms. The van der Waals surface area contributed by atoms with Crippen molar-refractivity contribution in [1.82, 2.24) is 18.0 Å². The van der Waals surface area contributed by atoms with Crippen molar-refractivity contribution in [3.8, 4) is 5.75 Å². The Balaban J connectivity index is 1.63. The maximum atomic E-state index is 14.1. The van der Waals surface area contributed by atoms with E-state index in [2.05, 4.69) is 13.7 Å². The molecule has 1 N–H and O–H groups in total. The van der Waals surface area contributed by atoms with Crippen LogP contribution in [0.15, 0.2) is 70.4 Å². The molecular formula is C25H21FN4O4S2. The molecule has 11 heteroatoms. The molecule has 0 amide bonds. The van der Waals surface area contributed by atoms with Gasteiger partial charge in [-0.05, 0) is 59.8 Å². The van der Waals surface area contributed by atoms with Gasteiger partial charge in [0, 0.05) is 24.7 Å². The largest absolute Gasteiger partial charge is 0.497 e. The van der Waals surface area contributed by atoms with Crippen LogP contribution in [0.25, 0.3) is 21.9 Å². The third kappa shape index (κ3) is 4.48. The minimum atomic E-state index is -4.14. The van der Waals surface area contributed by atoms with Crippen LogP contribution in [0.2, 0.25) is 0 Å². The number of hydrogen-bond donors (Lipinski definition) is 1. The molecule has 0 aliphatic carbocycles. The second kappa shape index (κ2) is 9.41. The summed E-state index contributed by atoms with van der Waals surface area (Å²) in [7, 11) is -2.61. The van der Waals surface area contributed by atoms with Gasteiger partial charge >= 0.3 is 0 Å². The van der Waals surface area contributed by atoms with Gasteiger partial charge in [0.05, 0.1) is 24.4 Å². The standard InChI is InChI=1S/C25H21FN4O4S2/c1-15-3-10-21-23(29-35-28-21)24(15)36(32,33)30(13-16-4-7-19(26)8-5-16)14-18-11-17-6-9-20(34-2)12-22(17)27-25(18)31/h3-12H,13-14H2,1-2H3,(H,27,31). The molecule has 0 unspecified atom stereocenters. The SMILES string of the molecule is COc1ccc2cc(CN(Cc3ccc(F)cc3)S(=O)(=O)c3c(C)ccc4nsnc34)c(=O)[nH]c2c1. The number of benzene rings is 3. The summed E-state index contributed by atoms with van der Waals surface area (Å²) in [5.41, 5.74) is 2.26. The zero-order valence-electron chi connectivity index (χ0n) is 19.4. The van der Waals surface area contributed by atoms with Crippen molar-refractivity contribution in [1.29, 1.82) is 0 Å². The van der Waals surface area contributed by atoms with Crippen LogP contribution in [0.4, 0.5) is 4.39 Å². The van der Waals surface area contributed by atoms with Gasteiger partial charge < -0.3 is 9.72 Å². The predicted molar refractivity (Wildman–Crippen MR) is 136 cm³/mol. The first kappa shape index (κ1) is 24.0. The Labute approximate surface area is 210 Å². The first-order chi connectivity index (χ1) is 17.3. The molecule has 184 valence electrons. The Bertz CT molecular complexity index is 1750.